The molecule has 0 atom stereocenters. The molecule has 0 bridgehead atoms. The van der Waals surface area contributed by atoms with Crippen LogP contribution < -0.4 is 15.0 Å². The van der Waals surface area contributed by atoms with Crippen LogP contribution in [0.25, 0.3) is 9.53 Å². The first kappa shape index (κ1) is 22.1. The summed E-state index contributed by atoms with van der Waals surface area (Å²) >= 11 is 8.91. The summed E-state index contributed by atoms with van der Waals surface area (Å²) in [5, 5.41) is 4.51. The molecule has 1 aliphatic rings. The quantitative estimate of drug-likeness (QED) is 0.319. The lowest BCUT2D eigenvalue weighted by atomic mass is 9.98. The van der Waals surface area contributed by atoms with Gasteiger partial charge < -0.3 is 15.0 Å². The van der Waals surface area contributed by atoms with Gasteiger partial charge in [-0.05, 0) is 73.4 Å². The summed E-state index contributed by atoms with van der Waals surface area (Å²) in [6.45, 7) is 2.58. The molecule has 5 rings (SSSR count). The number of ether oxygens (including phenoxy) is 1. The number of thiazole rings is 1. The molecule has 0 saturated carbocycles. The fourth-order valence-electron chi connectivity index (χ4n) is 3.73. The minimum atomic E-state index is -0.334. The van der Waals surface area contributed by atoms with Crippen LogP contribution in [0, 0.1) is 11.7 Å². The molecular formula is C24H21ClFN3O2S2. The zero-order valence-corrected chi connectivity index (χ0v) is 20.0. The van der Waals surface area contributed by atoms with Crippen molar-refractivity contribution >= 4 is 60.5 Å². The topological polar surface area (TPSA) is 54.5 Å². The van der Waals surface area contributed by atoms with Crippen LogP contribution in [-0.4, -0.2) is 30.6 Å². The van der Waals surface area contributed by atoms with Gasteiger partial charge in [-0.25, -0.2) is 9.37 Å². The van der Waals surface area contributed by atoms with Gasteiger partial charge in [-0.2, -0.15) is 0 Å². The number of nitrogens with zero attached hydrogens (tertiary/aromatic N) is 2. The van der Waals surface area contributed by atoms with Crippen molar-refractivity contribution in [1.82, 2.24) is 4.98 Å². The van der Waals surface area contributed by atoms with Crippen LogP contribution in [0.2, 0.25) is 5.02 Å². The van der Waals surface area contributed by atoms with Crippen molar-refractivity contribution in [2.24, 2.45) is 5.92 Å². The van der Waals surface area contributed by atoms with Gasteiger partial charge in [0.25, 0.3) is 5.91 Å². The highest BCUT2D eigenvalue weighted by Crippen LogP contribution is 2.36. The van der Waals surface area contributed by atoms with Crippen LogP contribution in [0.5, 0.6) is 5.75 Å². The molecule has 1 fully saturated rings. The summed E-state index contributed by atoms with van der Waals surface area (Å²) < 4.78 is 20.0. The van der Waals surface area contributed by atoms with Gasteiger partial charge in [0.2, 0.25) is 0 Å². The Balaban J connectivity index is 1.15. The predicted molar refractivity (Wildman–Crippen MR) is 134 cm³/mol. The number of fused-ring (bicyclic) bond motifs is 1. The first-order valence-electron chi connectivity index (χ1n) is 10.6. The second-order valence-corrected chi connectivity index (χ2v) is 10.4. The fourth-order valence-corrected chi connectivity index (χ4v) is 6.02. The van der Waals surface area contributed by atoms with E-state index in [2.05, 4.69) is 10.2 Å². The van der Waals surface area contributed by atoms with E-state index in [0.717, 1.165) is 46.3 Å². The number of aromatic nitrogens is 1. The number of halogens is 2. The molecule has 1 amide bonds. The first-order chi connectivity index (χ1) is 16.0. The summed E-state index contributed by atoms with van der Waals surface area (Å²) in [4.78, 5) is 21.1. The highest BCUT2D eigenvalue weighted by molar-refractivity contribution is 7.29. The number of piperidine rings is 1. The van der Waals surface area contributed by atoms with Crippen LogP contribution in [0.3, 0.4) is 0 Å². The van der Waals surface area contributed by atoms with Gasteiger partial charge >= 0.3 is 0 Å². The van der Waals surface area contributed by atoms with Crippen molar-refractivity contribution in [2.45, 2.75) is 12.8 Å². The molecule has 5 nitrogen and oxygen atoms in total. The molecule has 0 unspecified atom stereocenters. The molecule has 0 spiro atoms. The highest BCUT2D eigenvalue weighted by atomic mass is 35.5. The van der Waals surface area contributed by atoms with Gasteiger partial charge in [-0.3, -0.25) is 4.79 Å². The molecule has 1 aliphatic heterocycles. The van der Waals surface area contributed by atoms with Crippen LogP contribution in [0.4, 0.5) is 15.2 Å². The van der Waals surface area contributed by atoms with Crippen molar-refractivity contribution in [3.63, 3.8) is 0 Å². The molecule has 33 heavy (non-hydrogen) atoms. The third-order valence-electron chi connectivity index (χ3n) is 5.59. The van der Waals surface area contributed by atoms with Crippen molar-refractivity contribution in [2.75, 3.05) is 29.9 Å². The molecular weight excluding hydrogens is 481 g/mol. The Labute approximate surface area is 203 Å². The average molecular weight is 502 g/mol. The van der Waals surface area contributed by atoms with Crippen LogP contribution >= 0.6 is 34.3 Å². The van der Waals surface area contributed by atoms with Crippen LogP contribution in [-0.2, 0) is 0 Å². The number of benzene rings is 2. The number of anilines is 2. The monoisotopic (exact) mass is 501 g/mol. The second-order valence-electron chi connectivity index (χ2n) is 7.93. The Morgan fingerprint density at radius 2 is 1.85 bits per heavy atom. The molecule has 4 aromatic rings. The summed E-state index contributed by atoms with van der Waals surface area (Å²) in [6.07, 6.45) is 2.10. The Morgan fingerprint density at radius 1 is 1.12 bits per heavy atom. The van der Waals surface area contributed by atoms with Crippen molar-refractivity contribution < 1.29 is 13.9 Å². The zero-order chi connectivity index (χ0) is 22.8. The van der Waals surface area contributed by atoms with E-state index >= 15 is 0 Å². The normalized spacial score (nSPS) is 14.5. The minimum Gasteiger partial charge on any atom is -0.493 e. The summed E-state index contributed by atoms with van der Waals surface area (Å²) in [5.74, 6) is 0.820. The number of carbonyl (C=O) groups is 1. The molecule has 2 aromatic carbocycles. The van der Waals surface area contributed by atoms with Gasteiger partial charge in [0.1, 0.15) is 16.4 Å². The van der Waals surface area contributed by atoms with E-state index in [1.807, 2.05) is 30.3 Å². The molecule has 0 radical (unpaired) electrons. The van der Waals surface area contributed by atoms with Crippen molar-refractivity contribution in [1.29, 1.82) is 0 Å². The number of rotatable bonds is 6. The second kappa shape index (κ2) is 9.67. The lowest BCUT2D eigenvalue weighted by Gasteiger charge is -2.31. The van der Waals surface area contributed by atoms with Crippen LogP contribution in [0.1, 0.15) is 22.5 Å². The standard InChI is InChI=1S/C24H21ClFN3O2S2/c25-16-1-7-19(8-2-16)31-14-15-9-11-29(12-10-15)24-28-23-21(33-24)13-20(32-23)22(30)27-18-5-3-17(26)4-6-18/h1-8,13,15H,9-12,14H2,(H,27,30). The minimum absolute atomic E-state index is 0.208. The molecule has 9 heteroatoms. The third kappa shape index (κ3) is 5.29. The van der Waals surface area contributed by atoms with E-state index in [-0.39, 0.29) is 11.7 Å². The predicted octanol–water partition coefficient (Wildman–Crippen LogP) is 6.70. The van der Waals surface area contributed by atoms with Crippen LogP contribution in [0.15, 0.2) is 54.6 Å². The Bertz CT molecular complexity index is 1220. The first-order valence-corrected chi connectivity index (χ1v) is 12.7. The number of amides is 1. The number of nitrogens with one attached hydrogen (secondary N) is 1. The SMILES string of the molecule is O=C(Nc1ccc(F)cc1)c1cc2sc(N3CCC(COc4ccc(Cl)cc4)CC3)nc2s1. The highest BCUT2D eigenvalue weighted by Gasteiger charge is 2.23. The van der Waals surface area contributed by atoms with Gasteiger partial charge in [0.15, 0.2) is 5.13 Å². The van der Waals surface area contributed by atoms with Gasteiger partial charge in [0.05, 0.1) is 16.2 Å². The number of carbonyl (C=O) groups excluding carboxylic acids is 1. The number of thiophene rings is 1. The lowest BCUT2D eigenvalue weighted by molar-refractivity contribution is 0.103. The molecule has 1 N–H and O–H groups in total. The third-order valence-corrected chi connectivity index (χ3v) is 8.06. The van der Waals surface area contributed by atoms with E-state index < -0.39 is 0 Å². The lowest BCUT2D eigenvalue weighted by Crippen LogP contribution is -2.35. The molecule has 1 saturated heterocycles. The Kier molecular flexibility index (Phi) is 6.48. The summed E-state index contributed by atoms with van der Waals surface area (Å²) in [5.41, 5.74) is 0.565. The maximum atomic E-state index is 13.0. The van der Waals surface area contributed by atoms with E-state index in [1.165, 1.54) is 23.5 Å². The number of hydrogen-bond acceptors (Lipinski definition) is 6. The maximum Gasteiger partial charge on any atom is 0.265 e. The zero-order valence-electron chi connectivity index (χ0n) is 17.6. The van der Waals surface area contributed by atoms with E-state index in [9.17, 15) is 9.18 Å². The number of hydrogen-bond donors (Lipinski definition) is 1. The molecule has 3 heterocycles. The van der Waals surface area contributed by atoms with Gasteiger partial charge in [-0.1, -0.05) is 22.9 Å². The van der Waals surface area contributed by atoms with E-state index in [4.69, 9.17) is 21.3 Å². The summed E-state index contributed by atoms with van der Waals surface area (Å²) in [6, 6.07) is 15.1. The average Bonchev–Trinajstić information content (AvgIpc) is 3.40. The Hall–Kier alpha value is -2.68. The van der Waals surface area contributed by atoms with Gasteiger partial charge in [-0.15, -0.1) is 11.3 Å². The fraction of sp³-hybridized carbons (Fsp3) is 0.250. The van der Waals surface area contributed by atoms with Gasteiger partial charge in [0, 0.05) is 23.8 Å². The molecule has 2 aromatic heterocycles. The van der Waals surface area contributed by atoms with E-state index in [1.54, 1.807) is 23.5 Å². The Morgan fingerprint density at radius 3 is 2.55 bits per heavy atom. The van der Waals surface area contributed by atoms with Crippen molar-refractivity contribution in [3.8, 4) is 5.75 Å². The molecule has 0 aliphatic carbocycles. The maximum absolute atomic E-state index is 13.0. The largest absolute Gasteiger partial charge is 0.493 e. The summed E-state index contributed by atoms with van der Waals surface area (Å²) in [7, 11) is 0. The van der Waals surface area contributed by atoms with E-state index in [0.29, 0.717) is 28.1 Å². The molecule has 170 valence electrons. The smallest absolute Gasteiger partial charge is 0.265 e. The van der Waals surface area contributed by atoms with Crippen molar-refractivity contribution in [3.05, 3.63) is 70.3 Å².